The van der Waals surface area contributed by atoms with E-state index in [4.69, 9.17) is 18.4 Å². The average molecular weight is 768 g/mol. The predicted octanol–water partition coefficient (Wildman–Crippen LogP) is 5.58. The number of pyridine rings is 1. The molecule has 1 aromatic carbocycles. The highest BCUT2D eigenvalue weighted by Gasteiger charge is 2.62. The van der Waals surface area contributed by atoms with Gasteiger partial charge in [-0.2, -0.15) is 8.42 Å². The van der Waals surface area contributed by atoms with Crippen molar-refractivity contribution in [3.05, 3.63) is 30.5 Å². The van der Waals surface area contributed by atoms with Crippen molar-refractivity contribution in [2.24, 2.45) is 23.2 Å². The number of ketones is 1. The molecule has 14 heteroatoms. The van der Waals surface area contributed by atoms with Gasteiger partial charge >= 0.3 is 16.3 Å². The van der Waals surface area contributed by atoms with Crippen LogP contribution in [0.25, 0.3) is 10.8 Å². The molecule has 294 valence electrons. The van der Waals surface area contributed by atoms with Gasteiger partial charge < -0.3 is 19.1 Å². The molecule has 2 amide bonds. The number of carbonyl (C=O) groups is 4. The number of carbonyl (C=O) groups excluding carboxylic acids is 4. The Hall–Kier alpha value is -3.78. The van der Waals surface area contributed by atoms with Gasteiger partial charge in [0.1, 0.15) is 17.5 Å². The van der Waals surface area contributed by atoms with E-state index in [0.29, 0.717) is 37.3 Å². The number of ether oxygens (including phenoxy) is 3. The molecule has 1 aromatic heterocycles. The third-order valence-electron chi connectivity index (χ3n) is 12.5. The van der Waals surface area contributed by atoms with Crippen molar-refractivity contribution in [3.63, 3.8) is 0 Å². The van der Waals surface area contributed by atoms with E-state index in [1.165, 1.54) is 0 Å². The third-order valence-corrected chi connectivity index (χ3v) is 13.6. The predicted molar refractivity (Wildman–Crippen MR) is 197 cm³/mol. The highest BCUT2D eigenvalue weighted by Crippen LogP contribution is 2.58. The van der Waals surface area contributed by atoms with E-state index in [-0.39, 0.29) is 49.3 Å². The molecule has 1 saturated heterocycles. The van der Waals surface area contributed by atoms with E-state index < -0.39 is 56.9 Å². The first-order valence-corrected chi connectivity index (χ1v) is 21.0. The van der Waals surface area contributed by atoms with Gasteiger partial charge in [0.05, 0.1) is 43.1 Å². The molecule has 4 saturated carbocycles. The molecule has 7 rings (SSSR count). The van der Waals surface area contributed by atoms with Crippen LogP contribution in [0.4, 0.5) is 0 Å². The molecule has 2 heterocycles. The van der Waals surface area contributed by atoms with E-state index in [2.05, 4.69) is 9.71 Å². The Kier molecular flexibility index (Phi) is 10.5. The lowest BCUT2D eigenvalue weighted by atomic mass is 9.77. The van der Waals surface area contributed by atoms with Gasteiger partial charge in [-0.1, -0.05) is 32.6 Å². The summed E-state index contributed by atoms with van der Waals surface area (Å²) in [5.41, 5.74) is -2.56. The van der Waals surface area contributed by atoms with Crippen molar-refractivity contribution in [1.29, 1.82) is 0 Å². The summed E-state index contributed by atoms with van der Waals surface area (Å²) < 4.78 is 50.7. The number of hydrogen-bond acceptors (Lipinski definition) is 11. The number of nitrogens with one attached hydrogen (secondary N) is 1. The SMILES string of the molecule is CC[C@@H]1C[C@]1(CC(=O)[C@@H]1C[C@@H](Oc2nccc3cc(OC)ccc23)CN1C(=O)[C@@H](CC(=O)OC1(C)CC1)C1CCCCC1)C(=O)NS(=O)(=O)OC1(C)CC1. The monoisotopic (exact) mass is 767 g/mol. The number of esters is 1. The molecule has 0 unspecified atom stereocenters. The van der Waals surface area contributed by atoms with Crippen LogP contribution < -0.4 is 14.2 Å². The van der Waals surface area contributed by atoms with E-state index in [1.54, 1.807) is 25.1 Å². The minimum atomic E-state index is -4.39. The molecule has 13 nitrogen and oxygen atoms in total. The summed E-state index contributed by atoms with van der Waals surface area (Å²) in [4.78, 5) is 62.4. The fourth-order valence-corrected chi connectivity index (χ4v) is 9.77. The Bertz CT molecular complexity index is 1900. The first kappa shape index (κ1) is 38.5. The first-order valence-electron chi connectivity index (χ1n) is 19.6. The fraction of sp³-hybridized carbons (Fsp3) is 0.675. The smallest absolute Gasteiger partial charge is 0.362 e. The number of methoxy groups -OCH3 is 1. The second-order valence-corrected chi connectivity index (χ2v) is 18.1. The lowest BCUT2D eigenvalue weighted by molar-refractivity contribution is -0.156. The van der Waals surface area contributed by atoms with Gasteiger partial charge in [0, 0.05) is 24.4 Å². The van der Waals surface area contributed by atoms with Crippen LogP contribution in [-0.2, 0) is 38.4 Å². The molecule has 2 aromatic rings. The summed E-state index contributed by atoms with van der Waals surface area (Å²) >= 11 is 0. The van der Waals surface area contributed by atoms with Crippen molar-refractivity contribution in [2.45, 2.75) is 134 Å². The second kappa shape index (κ2) is 14.7. The second-order valence-electron chi connectivity index (χ2n) is 16.8. The number of nitrogens with zero attached hydrogens (tertiary/aromatic N) is 2. The van der Waals surface area contributed by atoms with Crippen LogP contribution >= 0.6 is 0 Å². The molecule has 0 bridgehead atoms. The van der Waals surface area contributed by atoms with Gasteiger partial charge in [0.15, 0.2) is 5.78 Å². The number of Topliss-reactive ketones (excluding diaryl/α,β-unsaturated/α-hetero) is 1. The summed E-state index contributed by atoms with van der Waals surface area (Å²) in [6.45, 7) is 5.55. The summed E-state index contributed by atoms with van der Waals surface area (Å²) in [6.07, 6.45) is 9.03. The highest BCUT2D eigenvalue weighted by molar-refractivity contribution is 7.85. The topological polar surface area (TPSA) is 168 Å². The van der Waals surface area contributed by atoms with Crippen LogP contribution in [0.3, 0.4) is 0 Å². The Balaban J connectivity index is 1.16. The highest BCUT2D eigenvalue weighted by atomic mass is 32.2. The molecule has 5 aliphatic rings. The van der Waals surface area contributed by atoms with Crippen LogP contribution in [0, 0.1) is 23.2 Å². The maximum atomic E-state index is 14.8. The fourth-order valence-electron chi connectivity index (χ4n) is 8.60. The molecular formula is C40H53N3O10S. The number of rotatable bonds is 16. The summed E-state index contributed by atoms with van der Waals surface area (Å²) in [7, 11) is -2.80. The normalized spacial score (nSPS) is 27.5. The van der Waals surface area contributed by atoms with Gasteiger partial charge in [-0.25, -0.2) is 13.9 Å². The first-order chi connectivity index (χ1) is 25.7. The van der Waals surface area contributed by atoms with E-state index in [0.717, 1.165) is 55.7 Å². The number of hydrogen-bond donors (Lipinski definition) is 1. The molecule has 1 aliphatic heterocycles. The molecule has 0 spiro atoms. The maximum absolute atomic E-state index is 14.8. The zero-order chi connectivity index (χ0) is 38.5. The Morgan fingerprint density at radius 2 is 1.74 bits per heavy atom. The van der Waals surface area contributed by atoms with Gasteiger partial charge in [0.2, 0.25) is 17.7 Å². The maximum Gasteiger partial charge on any atom is 0.362 e. The van der Waals surface area contributed by atoms with Gasteiger partial charge in [-0.3, -0.25) is 19.2 Å². The largest absolute Gasteiger partial charge is 0.497 e. The Morgan fingerprint density at radius 1 is 1.02 bits per heavy atom. The van der Waals surface area contributed by atoms with Crippen molar-refractivity contribution < 1.29 is 46.0 Å². The van der Waals surface area contributed by atoms with Crippen LogP contribution in [0.5, 0.6) is 11.6 Å². The van der Waals surface area contributed by atoms with Crippen molar-refractivity contribution in [1.82, 2.24) is 14.6 Å². The third kappa shape index (κ3) is 8.39. The van der Waals surface area contributed by atoms with Gasteiger partial charge in [-0.05, 0) is 100 Å². The molecule has 5 fully saturated rings. The minimum absolute atomic E-state index is 0.0419. The summed E-state index contributed by atoms with van der Waals surface area (Å²) in [6, 6.07) is 6.42. The molecule has 54 heavy (non-hydrogen) atoms. The summed E-state index contributed by atoms with van der Waals surface area (Å²) in [5.74, 6) is -1.72. The van der Waals surface area contributed by atoms with E-state index in [1.807, 2.05) is 38.1 Å². The van der Waals surface area contributed by atoms with Crippen LogP contribution in [0.15, 0.2) is 30.5 Å². The van der Waals surface area contributed by atoms with E-state index >= 15 is 0 Å². The minimum Gasteiger partial charge on any atom is -0.497 e. The summed E-state index contributed by atoms with van der Waals surface area (Å²) in [5, 5.41) is 1.59. The van der Waals surface area contributed by atoms with Crippen LogP contribution in [0.1, 0.15) is 111 Å². The number of aromatic nitrogens is 1. The van der Waals surface area contributed by atoms with E-state index in [9.17, 15) is 27.6 Å². The molecular weight excluding hydrogens is 715 g/mol. The van der Waals surface area contributed by atoms with Gasteiger partial charge in [0.25, 0.3) is 0 Å². The Morgan fingerprint density at radius 3 is 2.39 bits per heavy atom. The number of likely N-dealkylation sites (tertiary alicyclic amines) is 1. The lowest BCUT2D eigenvalue weighted by Gasteiger charge is -2.34. The van der Waals surface area contributed by atoms with Crippen LogP contribution in [0.2, 0.25) is 0 Å². The molecule has 5 atom stereocenters. The number of fused-ring (bicyclic) bond motifs is 1. The van der Waals surface area contributed by atoms with Crippen molar-refractivity contribution in [2.75, 3.05) is 13.7 Å². The Labute approximate surface area is 317 Å². The zero-order valence-electron chi connectivity index (χ0n) is 31.8. The molecule has 1 N–H and O–H groups in total. The van der Waals surface area contributed by atoms with Crippen LogP contribution in [-0.4, -0.2) is 78.9 Å². The lowest BCUT2D eigenvalue weighted by Crippen LogP contribution is -2.48. The zero-order valence-corrected chi connectivity index (χ0v) is 32.6. The molecule has 4 aliphatic carbocycles. The molecule has 0 radical (unpaired) electrons. The average Bonchev–Trinajstić information content (AvgIpc) is 4.10. The van der Waals surface area contributed by atoms with Crippen molar-refractivity contribution >= 4 is 44.6 Å². The quantitative estimate of drug-likeness (QED) is 0.212. The van der Waals surface area contributed by atoms with Crippen molar-refractivity contribution in [3.8, 4) is 11.6 Å². The van der Waals surface area contributed by atoms with Gasteiger partial charge in [-0.15, -0.1) is 0 Å². The number of amides is 2. The number of benzene rings is 1. The standard InChI is InChI=1S/C40H53N3O10S/c1-5-27-22-40(27,37(47)42-54(48,49)53-39(3)16-17-39)23-33(44)32-20-29(51-35-30-12-11-28(50-4)19-26(30)13-18-41-35)24-43(32)36(46)31(25-9-7-6-8-10-25)21-34(45)52-38(2)14-15-38/h11-13,18-19,25,27,29,31-32H,5-10,14-17,20-24H2,1-4H3,(H,42,47)/t27-,29-,31+,32+,40-/m1/s1.